The largest absolute Gasteiger partial charge is 0.0985 e. The molecule has 0 aliphatic rings. The minimum Gasteiger partial charge on any atom is -0.0985 e. The van der Waals surface area contributed by atoms with Gasteiger partial charge in [-0.2, -0.15) is 0 Å². The van der Waals surface area contributed by atoms with Crippen LogP contribution in [-0.2, 0) is 12.8 Å². The zero-order valence-electron chi connectivity index (χ0n) is 19.6. The standard InChI is InChI=1S/C34H30/c1-5-25-11-9-13-31(21-25)33-23-27(7-3)15-17-29(33)19-20-30-18-16-28(8-4)24-34(30)32-14-10-12-26(6-2)22-32/h5-18,21-24H,1-4,19-20H2. The van der Waals surface area contributed by atoms with Crippen LogP contribution in [0.4, 0.5) is 0 Å². The number of hydrogen-bond acceptors (Lipinski definition) is 0. The summed E-state index contributed by atoms with van der Waals surface area (Å²) >= 11 is 0. The van der Waals surface area contributed by atoms with Crippen LogP contribution in [0, 0.1) is 0 Å². The molecule has 0 radical (unpaired) electrons. The molecule has 0 nitrogen and oxygen atoms in total. The first-order valence-corrected chi connectivity index (χ1v) is 11.6. The fraction of sp³-hybridized carbons (Fsp3) is 0.0588. The summed E-state index contributed by atoms with van der Waals surface area (Å²) in [6.07, 6.45) is 9.47. The van der Waals surface area contributed by atoms with Crippen LogP contribution in [0.15, 0.2) is 111 Å². The van der Waals surface area contributed by atoms with E-state index < -0.39 is 0 Å². The molecular formula is C34H30. The van der Waals surface area contributed by atoms with Gasteiger partial charge in [0.2, 0.25) is 0 Å². The van der Waals surface area contributed by atoms with E-state index in [1.807, 2.05) is 24.3 Å². The number of benzene rings is 4. The average molecular weight is 439 g/mol. The Hall–Kier alpha value is -4.16. The predicted molar refractivity (Wildman–Crippen MR) is 152 cm³/mol. The molecular weight excluding hydrogens is 408 g/mol. The lowest BCUT2D eigenvalue weighted by Gasteiger charge is -2.15. The smallest absolute Gasteiger partial charge is 0.0146 e. The summed E-state index contributed by atoms with van der Waals surface area (Å²) in [6, 6.07) is 30.3. The molecule has 4 aromatic rings. The normalized spacial score (nSPS) is 10.5. The topological polar surface area (TPSA) is 0 Å². The van der Waals surface area contributed by atoms with E-state index in [0.717, 1.165) is 35.1 Å². The van der Waals surface area contributed by atoms with Crippen molar-refractivity contribution >= 4 is 24.3 Å². The first-order chi connectivity index (χ1) is 16.6. The molecule has 0 aliphatic heterocycles. The molecule has 0 heteroatoms. The Morgan fingerprint density at radius 3 is 1.21 bits per heavy atom. The Labute approximate surface area is 203 Å². The quantitative estimate of drug-likeness (QED) is 0.244. The van der Waals surface area contributed by atoms with E-state index in [9.17, 15) is 0 Å². The molecule has 4 rings (SSSR count). The summed E-state index contributed by atoms with van der Waals surface area (Å²) in [5.41, 5.74) is 12.1. The van der Waals surface area contributed by atoms with Gasteiger partial charge in [0, 0.05) is 0 Å². The first-order valence-electron chi connectivity index (χ1n) is 11.6. The van der Waals surface area contributed by atoms with Crippen molar-refractivity contribution in [2.75, 3.05) is 0 Å². The summed E-state index contributed by atoms with van der Waals surface area (Å²) in [7, 11) is 0. The Morgan fingerprint density at radius 2 is 0.824 bits per heavy atom. The van der Waals surface area contributed by atoms with Gasteiger partial charge in [-0.05, 0) is 92.7 Å². The number of aryl methyl sites for hydroxylation is 2. The van der Waals surface area contributed by atoms with E-state index in [1.54, 1.807) is 0 Å². The van der Waals surface area contributed by atoms with Crippen molar-refractivity contribution < 1.29 is 0 Å². The van der Waals surface area contributed by atoms with Gasteiger partial charge in [-0.25, -0.2) is 0 Å². The molecule has 0 atom stereocenters. The fourth-order valence-corrected chi connectivity index (χ4v) is 4.35. The zero-order valence-corrected chi connectivity index (χ0v) is 19.6. The van der Waals surface area contributed by atoms with Crippen molar-refractivity contribution in [2.24, 2.45) is 0 Å². The summed E-state index contributed by atoms with van der Waals surface area (Å²) in [5.74, 6) is 0. The highest BCUT2D eigenvalue weighted by atomic mass is 14.2. The molecule has 0 aromatic heterocycles. The molecule has 4 aromatic carbocycles. The third kappa shape index (κ3) is 5.08. The van der Waals surface area contributed by atoms with Crippen molar-refractivity contribution in [1.82, 2.24) is 0 Å². The van der Waals surface area contributed by atoms with Crippen LogP contribution in [0.25, 0.3) is 46.6 Å². The van der Waals surface area contributed by atoms with Crippen molar-refractivity contribution in [3.05, 3.63) is 145 Å². The Balaban J connectivity index is 1.73. The van der Waals surface area contributed by atoms with Crippen molar-refractivity contribution in [3.63, 3.8) is 0 Å². The third-order valence-electron chi connectivity index (χ3n) is 6.27. The highest BCUT2D eigenvalue weighted by Gasteiger charge is 2.11. The molecule has 0 heterocycles. The van der Waals surface area contributed by atoms with Crippen LogP contribution in [0.5, 0.6) is 0 Å². The lowest BCUT2D eigenvalue weighted by Crippen LogP contribution is -1.98. The van der Waals surface area contributed by atoms with E-state index >= 15 is 0 Å². The highest BCUT2D eigenvalue weighted by Crippen LogP contribution is 2.31. The molecule has 0 saturated carbocycles. The predicted octanol–water partition coefficient (Wildman–Crippen LogP) is 9.38. The first kappa shape index (κ1) is 23.0. The minimum atomic E-state index is 0.937. The second-order valence-corrected chi connectivity index (χ2v) is 8.40. The van der Waals surface area contributed by atoms with Gasteiger partial charge >= 0.3 is 0 Å². The fourth-order valence-electron chi connectivity index (χ4n) is 4.35. The molecule has 0 bridgehead atoms. The minimum absolute atomic E-state index is 0.937. The van der Waals surface area contributed by atoms with Gasteiger partial charge in [0.15, 0.2) is 0 Å². The molecule has 166 valence electrons. The van der Waals surface area contributed by atoms with E-state index in [1.165, 1.54) is 33.4 Å². The Bertz CT molecular complexity index is 1260. The maximum absolute atomic E-state index is 3.97. The van der Waals surface area contributed by atoms with Gasteiger partial charge in [0.05, 0.1) is 0 Å². The van der Waals surface area contributed by atoms with Crippen LogP contribution in [0.1, 0.15) is 33.4 Å². The zero-order chi connectivity index (χ0) is 23.9. The second-order valence-electron chi connectivity index (χ2n) is 8.40. The second kappa shape index (κ2) is 10.6. The Morgan fingerprint density at radius 1 is 0.441 bits per heavy atom. The summed E-state index contributed by atoms with van der Waals surface area (Å²) in [4.78, 5) is 0. The van der Waals surface area contributed by atoms with Gasteiger partial charge in [0.25, 0.3) is 0 Å². The molecule has 0 N–H and O–H groups in total. The van der Waals surface area contributed by atoms with E-state index in [2.05, 4.69) is 111 Å². The van der Waals surface area contributed by atoms with Crippen molar-refractivity contribution in [3.8, 4) is 22.3 Å². The van der Waals surface area contributed by atoms with E-state index in [-0.39, 0.29) is 0 Å². The van der Waals surface area contributed by atoms with Gasteiger partial charge in [0.1, 0.15) is 0 Å². The maximum Gasteiger partial charge on any atom is -0.0146 e. The highest BCUT2D eigenvalue weighted by molar-refractivity contribution is 5.75. The molecule has 0 saturated heterocycles. The molecule has 0 spiro atoms. The lowest BCUT2D eigenvalue weighted by molar-refractivity contribution is 0.963. The maximum atomic E-state index is 3.97. The third-order valence-corrected chi connectivity index (χ3v) is 6.27. The SMILES string of the molecule is C=Cc1cccc(-c2cc(C=C)ccc2CCc2ccc(C=C)cc2-c2cccc(C=C)c2)c1. The monoisotopic (exact) mass is 438 g/mol. The molecule has 0 unspecified atom stereocenters. The summed E-state index contributed by atoms with van der Waals surface area (Å²) in [5, 5.41) is 0. The van der Waals surface area contributed by atoms with Gasteiger partial charge in [-0.3, -0.25) is 0 Å². The van der Waals surface area contributed by atoms with Crippen molar-refractivity contribution in [1.29, 1.82) is 0 Å². The Kier molecular flexibility index (Phi) is 7.20. The molecule has 34 heavy (non-hydrogen) atoms. The van der Waals surface area contributed by atoms with Gasteiger partial charge in [-0.15, -0.1) is 0 Å². The van der Waals surface area contributed by atoms with Crippen LogP contribution in [0.3, 0.4) is 0 Å². The van der Waals surface area contributed by atoms with Crippen LogP contribution in [-0.4, -0.2) is 0 Å². The lowest BCUT2D eigenvalue weighted by atomic mass is 9.89. The molecule has 0 fully saturated rings. The molecule has 0 amide bonds. The number of rotatable bonds is 9. The number of hydrogen-bond donors (Lipinski definition) is 0. The van der Waals surface area contributed by atoms with E-state index in [0.29, 0.717) is 0 Å². The summed E-state index contributed by atoms with van der Waals surface area (Å²) in [6.45, 7) is 15.8. The summed E-state index contributed by atoms with van der Waals surface area (Å²) < 4.78 is 0. The van der Waals surface area contributed by atoms with Gasteiger partial charge in [-0.1, -0.05) is 111 Å². The van der Waals surface area contributed by atoms with Crippen LogP contribution in [0.2, 0.25) is 0 Å². The van der Waals surface area contributed by atoms with Crippen molar-refractivity contribution in [2.45, 2.75) is 12.8 Å². The van der Waals surface area contributed by atoms with Gasteiger partial charge < -0.3 is 0 Å². The van der Waals surface area contributed by atoms with Crippen LogP contribution >= 0.6 is 0 Å². The average Bonchev–Trinajstić information content (AvgIpc) is 2.91. The van der Waals surface area contributed by atoms with Crippen LogP contribution < -0.4 is 0 Å². The van der Waals surface area contributed by atoms with E-state index in [4.69, 9.17) is 0 Å². The molecule has 0 aliphatic carbocycles.